The number of hydrogen-bond acceptors (Lipinski definition) is 6. The lowest BCUT2D eigenvalue weighted by Gasteiger charge is -2.22. The van der Waals surface area contributed by atoms with Gasteiger partial charge in [0.1, 0.15) is 12.2 Å². The summed E-state index contributed by atoms with van der Waals surface area (Å²) in [6, 6.07) is 0. The van der Waals surface area contributed by atoms with Crippen molar-refractivity contribution < 1.29 is 34.1 Å². The number of rotatable bonds is 24. The van der Waals surface area contributed by atoms with Crippen molar-refractivity contribution in [3.63, 3.8) is 0 Å². The fourth-order valence-electron chi connectivity index (χ4n) is 4.47. The predicted molar refractivity (Wildman–Crippen MR) is 138 cm³/mol. The summed E-state index contributed by atoms with van der Waals surface area (Å²) >= 11 is 0. The fourth-order valence-corrected chi connectivity index (χ4v) is 4.47. The molecule has 2 N–H and O–H groups in total. The number of carbonyl (C=O) groups is 3. The molecule has 7 heteroatoms. The third kappa shape index (κ3) is 23.9. The van der Waals surface area contributed by atoms with Crippen LogP contribution in [0.15, 0.2) is 0 Å². The zero-order valence-corrected chi connectivity index (χ0v) is 22.6. The SMILES string of the molecule is CCCCCCCCCCCCCC[C@H](O)CCCC[C@H](C[C@H](CC(=O)O)OC(C)=O)OC(C)=O. The minimum Gasteiger partial charge on any atom is -0.481 e. The van der Waals surface area contributed by atoms with Crippen LogP contribution < -0.4 is 0 Å². The van der Waals surface area contributed by atoms with Crippen LogP contribution in [0.4, 0.5) is 0 Å². The first-order valence-electron chi connectivity index (χ1n) is 14.0. The van der Waals surface area contributed by atoms with E-state index in [9.17, 15) is 19.5 Å². The van der Waals surface area contributed by atoms with Gasteiger partial charge in [-0.15, -0.1) is 0 Å². The molecule has 0 saturated carbocycles. The molecule has 0 aromatic rings. The Balaban J connectivity index is 3.92. The Labute approximate surface area is 213 Å². The zero-order chi connectivity index (χ0) is 26.3. The molecule has 0 unspecified atom stereocenters. The van der Waals surface area contributed by atoms with Gasteiger partial charge in [-0.05, 0) is 25.7 Å². The first kappa shape index (κ1) is 33.4. The Morgan fingerprint density at radius 1 is 0.629 bits per heavy atom. The van der Waals surface area contributed by atoms with Crippen LogP contribution in [-0.2, 0) is 23.9 Å². The molecule has 35 heavy (non-hydrogen) atoms. The van der Waals surface area contributed by atoms with Gasteiger partial charge in [-0.3, -0.25) is 14.4 Å². The van der Waals surface area contributed by atoms with Gasteiger partial charge in [0.25, 0.3) is 0 Å². The highest BCUT2D eigenvalue weighted by Gasteiger charge is 2.23. The summed E-state index contributed by atoms with van der Waals surface area (Å²) in [5.74, 6) is -2.07. The average Bonchev–Trinajstić information content (AvgIpc) is 2.76. The number of hydrogen-bond donors (Lipinski definition) is 2. The van der Waals surface area contributed by atoms with Crippen LogP contribution in [0, 0.1) is 0 Å². The zero-order valence-electron chi connectivity index (χ0n) is 22.6. The number of carbonyl (C=O) groups excluding carboxylic acids is 2. The maximum atomic E-state index is 11.4. The third-order valence-electron chi connectivity index (χ3n) is 6.30. The standard InChI is InChI=1S/C28H52O7/c1-4-5-6-7-8-9-10-11-12-13-14-15-18-25(31)19-16-17-20-26(34-23(2)29)21-27(22-28(32)33)35-24(3)30/h25-27,31H,4-22H2,1-3H3,(H,32,33)/t25-,26+,27+/m0/s1. The van der Waals surface area contributed by atoms with Gasteiger partial charge in [-0.1, -0.05) is 90.4 Å². The number of carboxylic acid groups (broad SMARTS) is 1. The average molecular weight is 501 g/mol. The molecule has 206 valence electrons. The van der Waals surface area contributed by atoms with E-state index in [2.05, 4.69) is 6.92 Å². The number of aliphatic hydroxyl groups excluding tert-OH is 1. The van der Waals surface area contributed by atoms with Gasteiger partial charge in [-0.2, -0.15) is 0 Å². The van der Waals surface area contributed by atoms with Crippen LogP contribution in [0.3, 0.4) is 0 Å². The summed E-state index contributed by atoms with van der Waals surface area (Å²) in [6.45, 7) is 4.79. The molecule has 7 nitrogen and oxygen atoms in total. The van der Waals surface area contributed by atoms with Crippen LogP contribution in [0.5, 0.6) is 0 Å². The fraction of sp³-hybridized carbons (Fsp3) is 0.893. The van der Waals surface area contributed by atoms with Gasteiger partial charge >= 0.3 is 17.9 Å². The lowest BCUT2D eigenvalue weighted by Crippen LogP contribution is -2.28. The maximum Gasteiger partial charge on any atom is 0.307 e. The molecule has 0 bridgehead atoms. The molecule has 0 spiro atoms. The van der Waals surface area contributed by atoms with Gasteiger partial charge in [0, 0.05) is 20.3 Å². The molecule has 0 fully saturated rings. The number of aliphatic carboxylic acids is 1. The summed E-state index contributed by atoms with van der Waals surface area (Å²) < 4.78 is 10.4. The van der Waals surface area contributed by atoms with Gasteiger partial charge in [0.05, 0.1) is 12.5 Å². The molecule has 0 radical (unpaired) electrons. The number of carboxylic acids is 1. The van der Waals surface area contributed by atoms with Crippen LogP contribution in [0.1, 0.15) is 143 Å². The molecule has 0 aliphatic heterocycles. The quantitative estimate of drug-likeness (QED) is 0.112. The Bertz CT molecular complexity index is 533. The minimum absolute atomic E-state index is 0.160. The Hall–Kier alpha value is -1.63. The van der Waals surface area contributed by atoms with Crippen molar-refractivity contribution in [3.8, 4) is 0 Å². The van der Waals surface area contributed by atoms with Gasteiger partial charge < -0.3 is 19.7 Å². The normalized spacial score (nSPS) is 13.7. The van der Waals surface area contributed by atoms with E-state index in [1.165, 1.54) is 84.5 Å². The van der Waals surface area contributed by atoms with Crippen molar-refractivity contribution in [2.45, 2.75) is 161 Å². The molecule has 0 rings (SSSR count). The monoisotopic (exact) mass is 500 g/mol. The van der Waals surface area contributed by atoms with Crippen LogP contribution in [0.25, 0.3) is 0 Å². The van der Waals surface area contributed by atoms with E-state index >= 15 is 0 Å². The second kappa shape index (κ2) is 22.8. The molecular formula is C28H52O7. The van der Waals surface area contributed by atoms with Crippen molar-refractivity contribution in [2.75, 3.05) is 0 Å². The van der Waals surface area contributed by atoms with Crippen molar-refractivity contribution in [1.82, 2.24) is 0 Å². The summed E-state index contributed by atoms with van der Waals surface area (Å²) in [4.78, 5) is 33.7. The van der Waals surface area contributed by atoms with E-state index in [1.54, 1.807) is 0 Å². The molecule has 0 aliphatic carbocycles. The highest BCUT2D eigenvalue weighted by Crippen LogP contribution is 2.19. The topological polar surface area (TPSA) is 110 Å². The highest BCUT2D eigenvalue weighted by molar-refractivity contribution is 5.70. The van der Waals surface area contributed by atoms with E-state index in [-0.39, 0.29) is 18.9 Å². The number of aliphatic hydroxyl groups is 1. The lowest BCUT2D eigenvalue weighted by atomic mass is 9.99. The molecule has 3 atom stereocenters. The Kier molecular flexibility index (Phi) is 21.7. The van der Waals surface area contributed by atoms with Crippen molar-refractivity contribution in [3.05, 3.63) is 0 Å². The van der Waals surface area contributed by atoms with Gasteiger partial charge in [-0.25, -0.2) is 0 Å². The number of esters is 2. The van der Waals surface area contributed by atoms with Gasteiger partial charge in [0.15, 0.2) is 0 Å². The second-order valence-corrected chi connectivity index (χ2v) is 9.91. The largest absolute Gasteiger partial charge is 0.481 e. The Morgan fingerprint density at radius 3 is 1.49 bits per heavy atom. The van der Waals surface area contributed by atoms with E-state index < -0.39 is 30.1 Å². The minimum atomic E-state index is -1.07. The van der Waals surface area contributed by atoms with Crippen molar-refractivity contribution >= 4 is 17.9 Å². The highest BCUT2D eigenvalue weighted by atomic mass is 16.6. The van der Waals surface area contributed by atoms with Crippen molar-refractivity contribution in [1.29, 1.82) is 0 Å². The van der Waals surface area contributed by atoms with Crippen molar-refractivity contribution in [2.24, 2.45) is 0 Å². The summed E-state index contributed by atoms with van der Waals surface area (Å²) in [6.07, 6.45) is 17.4. The molecule has 0 heterocycles. The second-order valence-electron chi connectivity index (χ2n) is 9.91. The summed E-state index contributed by atoms with van der Waals surface area (Å²) in [5.41, 5.74) is 0. The molecule has 0 aromatic heterocycles. The van der Waals surface area contributed by atoms with Crippen LogP contribution in [-0.4, -0.2) is 46.4 Å². The predicted octanol–water partition coefficient (Wildman–Crippen LogP) is 6.73. The molecule has 0 aromatic carbocycles. The third-order valence-corrected chi connectivity index (χ3v) is 6.30. The molecule has 0 amide bonds. The van der Waals surface area contributed by atoms with Crippen LogP contribution >= 0.6 is 0 Å². The van der Waals surface area contributed by atoms with E-state index in [1.807, 2.05) is 0 Å². The van der Waals surface area contributed by atoms with E-state index in [4.69, 9.17) is 14.6 Å². The summed E-state index contributed by atoms with van der Waals surface area (Å²) in [7, 11) is 0. The number of ether oxygens (including phenoxy) is 2. The first-order valence-corrected chi connectivity index (χ1v) is 14.0. The number of unbranched alkanes of at least 4 members (excludes halogenated alkanes) is 12. The van der Waals surface area contributed by atoms with Crippen LogP contribution in [0.2, 0.25) is 0 Å². The smallest absolute Gasteiger partial charge is 0.307 e. The van der Waals surface area contributed by atoms with Gasteiger partial charge in [0.2, 0.25) is 0 Å². The molecule has 0 saturated heterocycles. The summed E-state index contributed by atoms with van der Waals surface area (Å²) in [5, 5.41) is 19.3. The maximum absolute atomic E-state index is 11.4. The lowest BCUT2D eigenvalue weighted by molar-refractivity contribution is -0.155. The Morgan fingerprint density at radius 2 is 1.03 bits per heavy atom. The molecular weight excluding hydrogens is 448 g/mol. The first-order chi connectivity index (χ1) is 16.7. The molecule has 0 aliphatic rings. The van der Waals surface area contributed by atoms with E-state index in [0.717, 1.165) is 25.7 Å². The van der Waals surface area contributed by atoms with E-state index in [0.29, 0.717) is 12.8 Å².